The monoisotopic (exact) mass is 342 g/mol. The van der Waals surface area contributed by atoms with Gasteiger partial charge in [0.15, 0.2) is 0 Å². The van der Waals surface area contributed by atoms with Crippen molar-refractivity contribution in [1.29, 1.82) is 0 Å². The average Bonchev–Trinajstić information content (AvgIpc) is 2.37. The summed E-state index contributed by atoms with van der Waals surface area (Å²) in [6, 6.07) is 8.03. The lowest BCUT2D eigenvalue weighted by molar-refractivity contribution is 0.280. The Balaban J connectivity index is 2.08. The van der Waals surface area contributed by atoms with Gasteiger partial charge in [0, 0.05) is 18.6 Å². The van der Waals surface area contributed by atoms with E-state index in [1.54, 1.807) is 4.90 Å². The highest BCUT2D eigenvalue weighted by atomic mass is 79.9. The molecule has 1 heterocycles. The maximum Gasteiger partial charge on any atom is 0.322 e. The molecule has 0 aliphatic heterocycles. The van der Waals surface area contributed by atoms with Crippen LogP contribution in [0.25, 0.3) is 0 Å². The van der Waals surface area contributed by atoms with Gasteiger partial charge in [0.1, 0.15) is 6.61 Å². The number of hydrogen-bond donors (Lipinski definition) is 0. The first kappa shape index (κ1) is 14.0. The van der Waals surface area contributed by atoms with Crippen LogP contribution >= 0.6 is 27.5 Å². The third kappa shape index (κ3) is 4.04. The van der Waals surface area contributed by atoms with Crippen molar-refractivity contribution < 1.29 is 4.74 Å². The minimum Gasteiger partial charge on any atom is -0.458 e. The zero-order chi connectivity index (χ0) is 13.8. The number of aromatic nitrogens is 3. The molecule has 0 amide bonds. The molecule has 2 rings (SSSR count). The van der Waals surface area contributed by atoms with Gasteiger partial charge in [-0.15, -0.1) is 0 Å². The molecule has 0 N–H and O–H groups in total. The second kappa shape index (κ2) is 6.16. The third-order valence-corrected chi connectivity index (χ3v) is 2.95. The van der Waals surface area contributed by atoms with E-state index in [1.165, 1.54) is 0 Å². The van der Waals surface area contributed by atoms with E-state index in [0.717, 1.165) is 10.0 Å². The Hall–Kier alpha value is -1.40. The number of ether oxygens (including phenoxy) is 1. The predicted octanol–water partition coefficient (Wildman–Crippen LogP) is 2.93. The van der Waals surface area contributed by atoms with Crippen LogP contribution < -0.4 is 9.64 Å². The van der Waals surface area contributed by atoms with Gasteiger partial charge in [0.05, 0.1) is 0 Å². The molecule has 100 valence electrons. The zero-order valence-electron chi connectivity index (χ0n) is 10.5. The lowest BCUT2D eigenvalue weighted by Gasteiger charge is -2.11. The SMILES string of the molecule is CN(C)c1nc(Cl)nc(OCc2ccc(Br)cc2)n1. The maximum absolute atomic E-state index is 5.82. The van der Waals surface area contributed by atoms with E-state index in [4.69, 9.17) is 16.3 Å². The standard InChI is InChI=1S/C12H12BrClN4O/c1-18(2)11-15-10(14)16-12(17-11)19-7-8-3-5-9(13)6-4-8/h3-6H,7H2,1-2H3. The van der Waals surface area contributed by atoms with Crippen molar-refractivity contribution in [3.05, 3.63) is 39.6 Å². The molecule has 1 aromatic heterocycles. The molecule has 7 heteroatoms. The van der Waals surface area contributed by atoms with Gasteiger partial charge >= 0.3 is 6.01 Å². The molecular formula is C12H12BrClN4O. The van der Waals surface area contributed by atoms with Crippen molar-refractivity contribution in [2.45, 2.75) is 6.61 Å². The van der Waals surface area contributed by atoms with Gasteiger partial charge in [0.2, 0.25) is 11.2 Å². The number of nitrogens with zero attached hydrogens (tertiary/aromatic N) is 4. The number of halogens is 2. The summed E-state index contributed by atoms with van der Waals surface area (Å²) < 4.78 is 6.54. The zero-order valence-corrected chi connectivity index (χ0v) is 12.8. The molecule has 0 atom stereocenters. The highest BCUT2D eigenvalue weighted by molar-refractivity contribution is 9.10. The lowest BCUT2D eigenvalue weighted by atomic mass is 10.2. The molecule has 0 saturated heterocycles. The van der Waals surface area contributed by atoms with Gasteiger partial charge in [-0.1, -0.05) is 28.1 Å². The Bertz CT molecular complexity index is 562. The molecule has 19 heavy (non-hydrogen) atoms. The van der Waals surface area contributed by atoms with E-state index in [0.29, 0.717) is 12.6 Å². The van der Waals surface area contributed by atoms with Crippen molar-refractivity contribution in [2.24, 2.45) is 0 Å². The number of benzene rings is 1. The smallest absolute Gasteiger partial charge is 0.322 e. The number of hydrogen-bond acceptors (Lipinski definition) is 5. The molecule has 0 unspecified atom stereocenters. The maximum atomic E-state index is 5.82. The number of anilines is 1. The molecule has 5 nitrogen and oxygen atoms in total. The minimum absolute atomic E-state index is 0.115. The Labute approximate surface area is 124 Å². The van der Waals surface area contributed by atoms with Crippen LogP contribution in [0, 0.1) is 0 Å². The molecule has 0 radical (unpaired) electrons. The summed E-state index contributed by atoms with van der Waals surface area (Å²) in [5, 5.41) is 0.115. The topological polar surface area (TPSA) is 51.1 Å². The first-order chi connectivity index (χ1) is 9.04. The van der Waals surface area contributed by atoms with Crippen LogP contribution in [0.1, 0.15) is 5.56 Å². The molecule has 2 aromatic rings. The molecule has 0 saturated carbocycles. The van der Waals surface area contributed by atoms with Gasteiger partial charge in [-0.2, -0.15) is 15.0 Å². The summed E-state index contributed by atoms with van der Waals surface area (Å²) in [5.41, 5.74) is 1.02. The van der Waals surface area contributed by atoms with Crippen molar-refractivity contribution in [2.75, 3.05) is 19.0 Å². The minimum atomic E-state index is 0.115. The van der Waals surface area contributed by atoms with Crippen LogP contribution in [0.5, 0.6) is 6.01 Å². The van der Waals surface area contributed by atoms with Crippen LogP contribution in [0.15, 0.2) is 28.7 Å². The summed E-state index contributed by atoms with van der Waals surface area (Å²) in [6.07, 6.45) is 0. The first-order valence-electron chi connectivity index (χ1n) is 5.51. The van der Waals surface area contributed by atoms with E-state index in [9.17, 15) is 0 Å². The second-order valence-electron chi connectivity index (χ2n) is 4.00. The van der Waals surface area contributed by atoms with Crippen molar-refractivity contribution in [1.82, 2.24) is 15.0 Å². The van der Waals surface area contributed by atoms with Crippen molar-refractivity contribution in [3.63, 3.8) is 0 Å². The van der Waals surface area contributed by atoms with Crippen molar-refractivity contribution >= 4 is 33.5 Å². The predicted molar refractivity (Wildman–Crippen MR) is 77.6 cm³/mol. The highest BCUT2D eigenvalue weighted by Gasteiger charge is 2.07. The van der Waals surface area contributed by atoms with E-state index < -0.39 is 0 Å². The van der Waals surface area contributed by atoms with E-state index in [-0.39, 0.29) is 11.3 Å². The summed E-state index contributed by atoms with van der Waals surface area (Å²) in [6.45, 7) is 0.375. The fourth-order valence-electron chi connectivity index (χ4n) is 1.32. The Morgan fingerprint density at radius 3 is 2.47 bits per heavy atom. The Morgan fingerprint density at radius 2 is 1.84 bits per heavy atom. The van der Waals surface area contributed by atoms with Crippen LogP contribution in [0.4, 0.5) is 5.95 Å². The van der Waals surface area contributed by atoms with Crippen LogP contribution in [0.3, 0.4) is 0 Å². The molecular weight excluding hydrogens is 332 g/mol. The molecule has 1 aromatic carbocycles. The van der Waals surface area contributed by atoms with Crippen LogP contribution in [0.2, 0.25) is 5.28 Å². The first-order valence-corrected chi connectivity index (χ1v) is 6.68. The normalized spacial score (nSPS) is 10.3. The molecule has 0 aliphatic carbocycles. The molecule has 0 aliphatic rings. The average molecular weight is 344 g/mol. The summed E-state index contributed by atoms with van der Waals surface area (Å²) >= 11 is 9.20. The van der Waals surface area contributed by atoms with Gasteiger partial charge < -0.3 is 9.64 Å². The Morgan fingerprint density at radius 1 is 1.16 bits per heavy atom. The Kier molecular flexibility index (Phi) is 4.55. The van der Waals surface area contributed by atoms with Crippen LogP contribution in [-0.2, 0) is 6.61 Å². The summed E-state index contributed by atoms with van der Waals surface area (Å²) in [7, 11) is 3.65. The fraction of sp³-hybridized carbons (Fsp3) is 0.250. The van der Waals surface area contributed by atoms with Gasteiger partial charge in [-0.25, -0.2) is 0 Å². The summed E-state index contributed by atoms with van der Waals surface area (Å²) in [5.74, 6) is 0.464. The van der Waals surface area contributed by atoms with Gasteiger partial charge in [-0.05, 0) is 29.3 Å². The van der Waals surface area contributed by atoms with E-state index in [1.807, 2.05) is 38.4 Å². The van der Waals surface area contributed by atoms with Crippen molar-refractivity contribution in [3.8, 4) is 6.01 Å². The highest BCUT2D eigenvalue weighted by Crippen LogP contribution is 2.15. The molecule has 0 spiro atoms. The molecule has 0 fully saturated rings. The van der Waals surface area contributed by atoms with E-state index >= 15 is 0 Å². The van der Waals surface area contributed by atoms with Gasteiger partial charge in [-0.3, -0.25) is 0 Å². The van der Waals surface area contributed by atoms with Gasteiger partial charge in [0.25, 0.3) is 0 Å². The lowest BCUT2D eigenvalue weighted by Crippen LogP contribution is -2.14. The number of rotatable bonds is 4. The van der Waals surface area contributed by atoms with Crippen LogP contribution in [-0.4, -0.2) is 29.0 Å². The fourth-order valence-corrected chi connectivity index (χ4v) is 1.73. The quantitative estimate of drug-likeness (QED) is 0.854. The molecule has 0 bridgehead atoms. The second-order valence-corrected chi connectivity index (χ2v) is 5.25. The largest absolute Gasteiger partial charge is 0.458 e. The summed E-state index contributed by atoms with van der Waals surface area (Å²) in [4.78, 5) is 13.8. The van der Waals surface area contributed by atoms with E-state index in [2.05, 4.69) is 30.9 Å². The third-order valence-electron chi connectivity index (χ3n) is 2.26.